The van der Waals surface area contributed by atoms with E-state index in [9.17, 15) is 9.18 Å². The van der Waals surface area contributed by atoms with E-state index >= 15 is 0 Å². The Morgan fingerprint density at radius 3 is 2.83 bits per heavy atom. The van der Waals surface area contributed by atoms with Crippen LogP contribution in [-0.4, -0.2) is 16.1 Å². The maximum absolute atomic E-state index is 13.9. The van der Waals surface area contributed by atoms with Gasteiger partial charge in [0.2, 0.25) is 5.89 Å². The molecule has 1 heterocycles. The molecule has 0 fully saturated rings. The summed E-state index contributed by atoms with van der Waals surface area (Å²) in [6.45, 7) is 0. The van der Waals surface area contributed by atoms with Crippen LogP contribution in [0.1, 0.15) is 17.9 Å². The average Bonchev–Trinajstić information content (AvgIpc) is 2.93. The van der Waals surface area contributed by atoms with Crippen LogP contribution in [0.2, 0.25) is 0 Å². The van der Waals surface area contributed by atoms with Crippen LogP contribution in [0, 0.1) is 5.82 Å². The Balaban J connectivity index is 2.11. The zero-order chi connectivity index (χ0) is 16.4. The number of carboxylic acid groups (broad SMARTS) is 1. The number of benzene rings is 2. The van der Waals surface area contributed by atoms with Crippen molar-refractivity contribution in [2.75, 3.05) is 0 Å². The minimum atomic E-state index is -1.05. The Labute approximate surface area is 139 Å². The number of hydrogen-bond acceptors (Lipinski definition) is 3. The van der Waals surface area contributed by atoms with Crippen molar-refractivity contribution in [2.45, 2.75) is 6.42 Å². The monoisotopic (exact) mass is 375 g/mol. The summed E-state index contributed by atoms with van der Waals surface area (Å²) < 4.78 is 20.2. The van der Waals surface area contributed by atoms with Crippen LogP contribution in [0.25, 0.3) is 22.7 Å². The number of halogens is 2. The largest absolute Gasteiger partial charge is 0.481 e. The van der Waals surface area contributed by atoms with Crippen LogP contribution in [0.15, 0.2) is 51.4 Å². The minimum Gasteiger partial charge on any atom is -0.481 e. The van der Waals surface area contributed by atoms with Gasteiger partial charge in [0, 0.05) is 15.6 Å². The Bertz CT molecular complexity index is 884. The minimum absolute atomic E-state index is 0.174. The first-order valence-electron chi connectivity index (χ1n) is 6.76. The lowest BCUT2D eigenvalue weighted by molar-refractivity contribution is -0.135. The molecule has 0 amide bonds. The van der Waals surface area contributed by atoms with E-state index < -0.39 is 11.8 Å². The summed E-state index contributed by atoms with van der Waals surface area (Å²) in [6.07, 6.45) is 1.12. The Morgan fingerprint density at radius 2 is 2.09 bits per heavy atom. The van der Waals surface area contributed by atoms with E-state index in [2.05, 4.69) is 20.9 Å². The number of oxazole rings is 1. The molecule has 0 aliphatic rings. The summed E-state index contributed by atoms with van der Waals surface area (Å²) in [4.78, 5) is 15.4. The molecule has 116 valence electrons. The molecule has 0 aliphatic carbocycles. The highest BCUT2D eigenvalue weighted by Gasteiger charge is 2.15. The molecule has 0 saturated heterocycles. The maximum atomic E-state index is 13.9. The number of aliphatic carboxylic acids is 1. The zero-order valence-corrected chi connectivity index (χ0v) is 13.4. The third-order valence-electron chi connectivity index (χ3n) is 3.20. The highest BCUT2D eigenvalue weighted by atomic mass is 79.9. The molecule has 2 aromatic carbocycles. The van der Waals surface area contributed by atoms with E-state index in [1.165, 1.54) is 12.1 Å². The predicted octanol–water partition coefficient (Wildman–Crippen LogP) is 4.74. The normalized spacial score (nSPS) is 11.8. The summed E-state index contributed by atoms with van der Waals surface area (Å²) >= 11 is 3.27. The molecule has 0 spiro atoms. The number of fused-ring (bicyclic) bond motifs is 1. The van der Waals surface area contributed by atoms with Gasteiger partial charge < -0.3 is 9.52 Å². The van der Waals surface area contributed by atoms with Crippen molar-refractivity contribution in [3.05, 3.63) is 64.2 Å². The highest BCUT2D eigenvalue weighted by molar-refractivity contribution is 9.10. The summed E-state index contributed by atoms with van der Waals surface area (Å²) in [7, 11) is 0. The molecule has 6 heteroatoms. The van der Waals surface area contributed by atoms with Gasteiger partial charge in [-0.15, -0.1) is 0 Å². The quantitative estimate of drug-likeness (QED) is 0.714. The van der Waals surface area contributed by atoms with Gasteiger partial charge in [-0.25, -0.2) is 9.37 Å². The van der Waals surface area contributed by atoms with Gasteiger partial charge in [-0.1, -0.05) is 28.1 Å². The van der Waals surface area contributed by atoms with Crippen molar-refractivity contribution in [2.24, 2.45) is 0 Å². The van der Waals surface area contributed by atoms with E-state index in [0.717, 1.165) is 0 Å². The molecule has 1 aromatic heterocycles. The lowest BCUT2D eigenvalue weighted by Crippen LogP contribution is -1.98. The molecule has 0 aliphatic heterocycles. The second kappa shape index (κ2) is 6.34. The number of aromatic nitrogens is 1. The van der Waals surface area contributed by atoms with Crippen molar-refractivity contribution in [1.29, 1.82) is 0 Å². The smallest absolute Gasteiger partial charge is 0.308 e. The molecule has 1 N–H and O–H groups in total. The molecule has 3 rings (SSSR count). The van der Waals surface area contributed by atoms with Crippen LogP contribution in [0.3, 0.4) is 0 Å². The molecule has 0 saturated carbocycles. The van der Waals surface area contributed by atoms with Crippen LogP contribution in [-0.2, 0) is 4.79 Å². The van der Waals surface area contributed by atoms with Gasteiger partial charge in [0.15, 0.2) is 5.58 Å². The van der Waals surface area contributed by atoms with Crippen molar-refractivity contribution >= 4 is 44.6 Å². The van der Waals surface area contributed by atoms with E-state index in [1.807, 2.05) is 6.07 Å². The molecular weight excluding hydrogens is 365 g/mol. The van der Waals surface area contributed by atoms with Crippen LogP contribution < -0.4 is 0 Å². The Kier molecular flexibility index (Phi) is 4.25. The van der Waals surface area contributed by atoms with Gasteiger partial charge in [0.1, 0.15) is 11.3 Å². The molecule has 0 radical (unpaired) electrons. The number of carboxylic acids is 1. The molecule has 23 heavy (non-hydrogen) atoms. The van der Waals surface area contributed by atoms with E-state index in [4.69, 9.17) is 9.52 Å². The molecule has 4 nitrogen and oxygen atoms in total. The number of rotatable bonds is 4. The topological polar surface area (TPSA) is 63.3 Å². The molecule has 0 bridgehead atoms. The first-order chi connectivity index (χ1) is 11.0. The summed E-state index contributed by atoms with van der Waals surface area (Å²) in [5.74, 6) is -1.32. The molecule has 0 unspecified atom stereocenters. The van der Waals surface area contributed by atoms with Gasteiger partial charge in [-0.05, 0) is 36.4 Å². The second-order valence-corrected chi connectivity index (χ2v) is 5.81. The van der Waals surface area contributed by atoms with Gasteiger partial charge in [0.25, 0.3) is 0 Å². The highest BCUT2D eigenvalue weighted by Crippen LogP contribution is 2.27. The van der Waals surface area contributed by atoms with Crippen molar-refractivity contribution in [1.82, 2.24) is 4.98 Å². The zero-order valence-electron chi connectivity index (χ0n) is 11.8. The van der Waals surface area contributed by atoms with Crippen LogP contribution >= 0.6 is 15.9 Å². The van der Waals surface area contributed by atoms with E-state index in [-0.39, 0.29) is 17.9 Å². The third-order valence-corrected chi connectivity index (χ3v) is 3.69. The molecule has 3 aromatic rings. The standard InChI is InChI=1S/C17H11BrFNO3/c18-12-5-6-13(19)10(8-12)7-11(9-16(21)22)17-20-14-3-1-2-4-15(14)23-17/h1-8H,9H2,(H,21,22)/b11-7+. The fourth-order valence-corrected chi connectivity index (χ4v) is 2.55. The molecular formula is C17H11BrFNO3. The van der Waals surface area contributed by atoms with Crippen LogP contribution in [0.4, 0.5) is 4.39 Å². The Hall–Kier alpha value is -2.47. The number of nitrogens with zero attached hydrogens (tertiary/aromatic N) is 1. The van der Waals surface area contributed by atoms with Crippen molar-refractivity contribution < 1.29 is 18.7 Å². The van der Waals surface area contributed by atoms with Gasteiger partial charge in [-0.3, -0.25) is 4.79 Å². The lowest BCUT2D eigenvalue weighted by atomic mass is 10.1. The van der Waals surface area contributed by atoms with Gasteiger partial charge in [-0.2, -0.15) is 0 Å². The van der Waals surface area contributed by atoms with Gasteiger partial charge >= 0.3 is 5.97 Å². The van der Waals surface area contributed by atoms with Crippen molar-refractivity contribution in [3.63, 3.8) is 0 Å². The third kappa shape index (κ3) is 3.48. The number of carbonyl (C=O) groups is 1. The maximum Gasteiger partial charge on any atom is 0.308 e. The fourth-order valence-electron chi connectivity index (χ4n) is 2.17. The van der Waals surface area contributed by atoms with E-state index in [0.29, 0.717) is 21.1 Å². The van der Waals surface area contributed by atoms with E-state index in [1.54, 1.807) is 30.3 Å². The van der Waals surface area contributed by atoms with Gasteiger partial charge in [0.05, 0.1) is 6.42 Å². The average molecular weight is 376 g/mol. The summed E-state index contributed by atoms with van der Waals surface area (Å²) in [6, 6.07) is 11.6. The summed E-state index contributed by atoms with van der Waals surface area (Å²) in [5.41, 5.74) is 1.73. The lowest BCUT2D eigenvalue weighted by Gasteiger charge is -2.03. The Morgan fingerprint density at radius 1 is 1.30 bits per heavy atom. The number of para-hydroxylation sites is 2. The predicted molar refractivity (Wildman–Crippen MR) is 88.2 cm³/mol. The molecule has 0 atom stereocenters. The fraction of sp³-hybridized carbons (Fsp3) is 0.0588. The SMILES string of the molecule is O=C(O)C/C(=C\c1cc(Br)ccc1F)c1nc2ccccc2o1. The summed E-state index contributed by atoms with van der Waals surface area (Å²) in [5, 5.41) is 9.11. The number of hydrogen-bond donors (Lipinski definition) is 1. The second-order valence-electron chi connectivity index (χ2n) is 4.89. The van der Waals surface area contributed by atoms with Crippen molar-refractivity contribution in [3.8, 4) is 0 Å². The van der Waals surface area contributed by atoms with Crippen LogP contribution in [0.5, 0.6) is 0 Å². The first-order valence-corrected chi connectivity index (χ1v) is 7.55. The first kappa shape index (κ1) is 15.4.